The molecule has 1 amide bonds. The molecule has 0 N–H and O–H groups in total. The quantitative estimate of drug-likeness (QED) is 0.585. The molecule has 0 spiro atoms. The number of amides is 1. The van der Waals surface area contributed by atoms with Gasteiger partial charge in [0.1, 0.15) is 11.6 Å². The van der Waals surface area contributed by atoms with Crippen molar-refractivity contribution in [1.29, 1.82) is 0 Å². The molecule has 0 radical (unpaired) electrons. The van der Waals surface area contributed by atoms with Gasteiger partial charge in [-0.15, -0.1) is 6.58 Å². The number of carbonyl (C=O) groups is 1. The van der Waals surface area contributed by atoms with Gasteiger partial charge in [0.15, 0.2) is 5.76 Å². The van der Waals surface area contributed by atoms with Crippen molar-refractivity contribution in [2.24, 2.45) is 0 Å². The van der Waals surface area contributed by atoms with Gasteiger partial charge in [-0.3, -0.25) is 4.79 Å². The summed E-state index contributed by atoms with van der Waals surface area (Å²) in [4.78, 5) is 18.4. The number of halogens is 2. The Morgan fingerprint density at radius 2 is 2.23 bits per heavy atom. The molecule has 3 aromatic rings. The molecule has 2 heterocycles. The first-order valence-electron chi connectivity index (χ1n) is 7.96. The third kappa shape index (κ3) is 3.86. The fourth-order valence-electron chi connectivity index (χ4n) is 2.59. The van der Waals surface area contributed by atoms with Gasteiger partial charge in [0, 0.05) is 29.5 Å². The summed E-state index contributed by atoms with van der Waals surface area (Å²) in [7, 11) is 0. The maximum atomic E-state index is 14.1. The number of hydrogen-bond donors (Lipinski definition) is 0. The maximum absolute atomic E-state index is 14.1. The van der Waals surface area contributed by atoms with Gasteiger partial charge >= 0.3 is 0 Å². The van der Waals surface area contributed by atoms with Crippen LogP contribution in [0.1, 0.15) is 21.9 Å². The van der Waals surface area contributed by atoms with Gasteiger partial charge in [-0.05, 0) is 24.3 Å². The van der Waals surface area contributed by atoms with Gasteiger partial charge in [0.2, 0.25) is 0 Å². The van der Waals surface area contributed by atoms with Crippen LogP contribution < -0.4 is 0 Å². The zero-order valence-electron chi connectivity index (χ0n) is 13.9. The van der Waals surface area contributed by atoms with Crippen LogP contribution in [0.3, 0.4) is 0 Å². The number of carbonyl (C=O) groups excluding carboxylic acids is 1. The van der Waals surface area contributed by atoms with Crippen molar-refractivity contribution in [3.8, 4) is 0 Å². The molecule has 7 heteroatoms. The Labute approximate surface area is 155 Å². The van der Waals surface area contributed by atoms with Crippen molar-refractivity contribution in [3.05, 3.63) is 89.6 Å². The molecular weight excluding hydrogens is 357 g/mol. The first-order valence-corrected chi connectivity index (χ1v) is 8.34. The molecule has 0 bridgehead atoms. The van der Waals surface area contributed by atoms with Crippen LogP contribution in [-0.4, -0.2) is 26.9 Å². The number of rotatable bonds is 7. The van der Waals surface area contributed by atoms with Crippen molar-refractivity contribution in [1.82, 2.24) is 14.5 Å². The Kier molecular flexibility index (Phi) is 5.53. The third-order valence-corrected chi connectivity index (χ3v) is 4.25. The predicted molar refractivity (Wildman–Crippen MR) is 96.4 cm³/mol. The molecule has 26 heavy (non-hydrogen) atoms. The van der Waals surface area contributed by atoms with Crippen molar-refractivity contribution in [2.45, 2.75) is 13.1 Å². The predicted octanol–water partition coefficient (Wildman–Crippen LogP) is 4.15. The van der Waals surface area contributed by atoms with E-state index in [0.29, 0.717) is 23.0 Å². The van der Waals surface area contributed by atoms with Gasteiger partial charge in [0.25, 0.3) is 5.91 Å². The molecule has 0 aliphatic carbocycles. The van der Waals surface area contributed by atoms with E-state index in [2.05, 4.69) is 11.6 Å². The van der Waals surface area contributed by atoms with Gasteiger partial charge in [-0.25, -0.2) is 9.37 Å². The van der Waals surface area contributed by atoms with E-state index >= 15 is 0 Å². The normalized spacial score (nSPS) is 10.7. The number of nitrogens with zero attached hydrogens (tertiary/aromatic N) is 3. The van der Waals surface area contributed by atoms with Crippen LogP contribution in [0, 0.1) is 5.82 Å². The topological polar surface area (TPSA) is 51.3 Å². The third-order valence-electron chi connectivity index (χ3n) is 3.89. The maximum Gasteiger partial charge on any atom is 0.290 e. The number of hydrogen-bond acceptors (Lipinski definition) is 3. The van der Waals surface area contributed by atoms with Crippen LogP contribution in [0.5, 0.6) is 0 Å². The van der Waals surface area contributed by atoms with Crippen molar-refractivity contribution in [3.63, 3.8) is 0 Å². The van der Waals surface area contributed by atoms with E-state index in [-0.39, 0.29) is 30.6 Å². The second-order valence-electron chi connectivity index (χ2n) is 5.62. The molecule has 0 fully saturated rings. The molecule has 134 valence electrons. The fraction of sp³-hybridized carbons (Fsp3) is 0.158. The smallest absolute Gasteiger partial charge is 0.290 e. The molecule has 0 atom stereocenters. The Balaban J connectivity index is 1.82. The minimum atomic E-state index is -0.383. The van der Waals surface area contributed by atoms with Crippen LogP contribution >= 0.6 is 11.6 Å². The molecule has 3 rings (SSSR count). The van der Waals surface area contributed by atoms with E-state index in [1.165, 1.54) is 12.3 Å². The average molecular weight is 374 g/mol. The first-order chi connectivity index (χ1) is 12.6. The number of benzene rings is 1. The van der Waals surface area contributed by atoms with E-state index < -0.39 is 0 Å². The molecule has 0 aliphatic rings. The summed E-state index contributed by atoms with van der Waals surface area (Å²) in [6.45, 7) is 4.46. The molecular formula is C19H17ClFN3O2. The van der Waals surface area contributed by atoms with Crippen molar-refractivity contribution >= 4 is 17.5 Å². The van der Waals surface area contributed by atoms with Crippen LogP contribution in [0.25, 0.3) is 0 Å². The summed E-state index contributed by atoms with van der Waals surface area (Å²) in [5, 5.41) is 0.347. The molecule has 5 nitrogen and oxygen atoms in total. The Morgan fingerprint density at radius 3 is 2.92 bits per heavy atom. The summed E-state index contributed by atoms with van der Waals surface area (Å²) < 4.78 is 21.0. The van der Waals surface area contributed by atoms with Crippen LogP contribution in [-0.2, 0) is 13.1 Å². The van der Waals surface area contributed by atoms with E-state index in [0.717, 1.165) is 0 Å². The summed E-state index contributed by atoms with van der Waals surface area (Å²) in [6.07, 6.45) is 6.40. The second kappa shape index (κ2) is 8.01. The molecule has 0 saturated carbocycles. The van der Waals surface area contributed by atoms with Gasteiger partial charge in [-0.2, -0.15) is 0 Å². The summed E-state index contributed by atoms with van der Waals surface area (Å²) >= 11 is 6.11. The van der Waals surface area contributed by atoms with Gasteiger partial charge < -0.3 is 13.9 Å². The summed E-state index contributed by atoms with van der Waals surface area (Å²) in [5.41, 5.74) is 0.376. The highest BCUT2D eigenvalue weighted by Crippen LogP contribution is 2.21. The Hall–Kier alpha value is -2.86. The van der Waals surface area contributed by atoms with Gasteiger partial charge in [-0.1, -0.05) is 23.7 Å². The molecule has 2 aromatic heterocycles. The monoisotopic (exact) mass is 373 g/mol. The molecule has 0 unspecified atom stereocenters. The van der Waals surface area contributed by atoms with Crippen molar-refractivity contribution < 1.29 is 13.6 Å². The van der Waals surface area contributed by atoms with Crippen LogP contribution in [0.15, 0.2) is 66.1 Å². The summed E-state index contributed by atoms with van der Waals surface area (Å²) in [6, 6.07) is 7.82. The number of imidazole rings is 1. The zero-order valence-corrected chi connectivity index (χ0v) is 14.7. The standard InChI is InChI=1S/C19H17ClFN3O2/c1-2-9-24(19(25)17-7-4-11-26-17)13-18-22-8-10-23(18)12-14-15(20)5-3-6-16(14)21/h2-8,10-11H,1,9,12-13H2. The molecule has 0 saturated heterocycles. The lowest BCUT2D eigenvalue weighted by molar-refractivity contribution is 0.0725. The average Bonchev–Trinajstić information content (AvgIpc) is 3.29. The Bertz CT molecular complexity index is 885. The largest absolute Gasteiger partial charge is 0.459 e. The second-order valence-corrected chi connectivity index (χ2v) is 6.03. The number of furan rings is 1. The lowest BCUT2D eigenvalue weighted by Crippen LogP contribution is -2.31. The van der Waals surface area contributed by atoms with Gasteiger partial charge in [0.05, 0.1) is 19.4 Å². The minimum absolute atomic E-state index is 0.220. The Morgan fingerprint density at radius 1 is 1.38 bits per heavy atom. The summed E-state index contributed by atoms with van der Waals surface area (Å²) in [5.74, 6) is 0.188. The van der Waals surface area contributed by atoms with Crippen LogP contribution in [0.2, 0.25) is 5.02 Å². The molecule has 1 aromatic carbocycles. The van der Waals surface area contributed by atoms with Crippen molar-refractivity contribution in [2.75, 3.05) is 6.54 Å². The SMILES string of the molecule is C=CCN(Cc1nccn1Cc1c(F)cccc1Cl)C(=O)c1ccco1. The van der Waals surface area contributed by atoms with E-state index in [1.807, 2.05) is 0 Å². The van der Waals surface area contributed by atoms with E-state index in [1.54, 1.807) is 52.2 Å². The van der Waals surface area contributed by atoms with E-state index in [4.69, 9.17) is 16.0 Å². The number of aromatic nitrogens is 2. The first kappa shape index (κ1) is 17.9. The highest BCUT2D eigenvalue weighted by atomic mass is 35.5. The highest BCUT2D eigenvalue weighted by Gasteiger charge is 2.20. The highest BCUT2D eigenvalue weighted by molar-refractivity contribution is 6.31. The minimum Gasteiger partial charge on any atom is -0.459 e. The van der Waals surface area contributed by atoms with E-state index in [9.17, 15) is 9.18 Å². The zero-order chi connectivity index (χ0) is 18.5. The van der Waals surface area contributed by atoms with Crippen LogP contribution in [0.4, 0.5) is 4.39 Å². The molecule has 0 aliphatic heterocycles. The fourth-order valence-corrected chi connectivity index (χ4v) is 2.81. The lowest BCUT2D eigenvalue weighted by Gasteiger charge is -2.20. The lowest BCUT2D eigenvalue weighted by atomic mass is 10.2.